The predicted molar refractivity (Wildman–Crippen MR) is 218 cm³/mol. The van der Waals surface area contributed by atoms with Crippen LogP contribution in [-0.2, 0) is 48.8 Å². The van der Waals surface area contributed by atoms with Crippen LogP contribution in [0.5, 0.6) is 0 Å². The van der Waals surface area contributed by atoms with Crippen LogP contribution >= 0.6 is 0 Å². The van der Waals surface area contributed by atoms with E-state index in [4.69, 9.17) is 35.0 Å². The maximum absolute atomic E-state index is 14.4. The molecular formula is C36H63N7O11SSi2. The molecule has 1 aromatic rings. The first-order valence-corrected chi connectivity index (χ1v) is 26.6. The second-order valence-electron chi connectivity index (χ2n) is 18.4. The van der Waals surface area contributed by atoms with Crippen LogP contribution in [0.1, 0.15) is 79.0 Å². The molecule has 3 amide bonds. The van der Waals surface area contributed by atoms with Crippen molar-refractivity contribution >= 4 is 44.5 Å². The van der Waals surface area contributed by atoms with Gasteiger partial charge in [-0.3, -0.25) is 28.3 Å². The second-order valence-corrected chi connectivity index (χ2v) is 29.4. The summed E-state index contributed by atoms with van der Waals surface area (Å²) in [6.45, 7) is 21.9. The van der Waals surface area contributed by atoms with Crippen LogP contribution in [-0.4, -0.2) is 106 Å². The molecule has 4 rings (SSSR count). The average molecular weight is 858 g/mol. The molecule has 7 N–H and O–H groups in total. The highest BCUT2D eigenvalue weighted by Gasteiger charge is 2.67. The van der Waals surface area contributed by atoms with E-state index in [9.17, 15) is 32.4 Å². The third-order valence-electron chi connectivity index (χ3n) is 12.1. The number of amides is 3. The molecule has 3 aliphatic heterocycles. The Morgan fingerprint density at radius 1 is 1.07 bits per heavy atom. The van der Waals surface area contributed by atoms with Gasteiger partial charge in [-0.25, -0.2) is 8.98 Å². The number of hydrogen-bond donors (Lipinski definition) is 4. The molecular weight excluding hydrogens is 795 g/mol. The lowest BCUT2D eigenvalue weighted by Gasteiger charge is -2.43. The first kappa shape index (κ1) is 46.5. The Kier molecular flexibility index (Phi) is 13.4. The molecule has 0 radical (unpaired) electrons. The van der Waals surface area contributed by atoms with E-state index >= 15 is 0 Å². The zero-order valence-corrected chi connectivity index (χ0v) is 38.0. The van der Waals surface area contributed by atoms with Crippen molar-refractivity contribution < 1.29 is 40.6 Å². The van der Waals surface area contributed by atoms with Gasteiger partial charge in [0.2, 0.25) is 17.7 Å². The molecule has 4 heterocycles. The van der Waals surface area contributed by atoms with E-state index in [0.717, 1.165) is 9.98 Å². The zero-order chi connectivity index (χ0) is 43.3. The average Bonchev–Trinajstić information content (AvgIpc) is 3.73. The summed E-state index contributed by atoms with van der Waals surface area (Å²) in [5.41, 5.74) is 14.5. The van der Waals surface area contributed by atoms with Crippen molar-refractivity contribution in [1.82, 2.24) is 19.4 Å². The standard InChI is InChI=1S/C36H63N7O11SSi2/c1-22-19-43(33(48)42(30(22)46)17-13-15-40-29(45)24-14-12-16-41(24)31(47)23(37)18-27(39)44)32-28(53-57(10,11)35(5,6)7)36(25(38)21-55(49,50)54-36)26(52-32)20-51-56(8,9)34(2,3)4/h19,21,23-24,26,28,32H,12-18,20,37-38H2,1-11H3,(H2,39,44)(H,40,45)/t23-,24-,26+,28-,32+,36+/m0/s1. The monoisotopic (exact) mass is 857 g/mol. The summed E-state index contributed by atoms with van der Waals surface area (Å²) in [5, 5.41) is 3.04. The smallest absolute Gasteiger partial charge is 0.333 e. The minimum Gasteiger partial charge on any atom is -0.414 e. The van der Waals surface area contributed by atoms with Gasteiger partial charge in [-0.2, -0.15) is 8.42 Å². The lowest BCUT2D eigenvalue weighted by molar-refractivity contribution is -0.140. The van der Waals surface area contributed by atoms with E-state index < -0.39 is 91.8 Å². The molecule has 18 nitrogen and oxygen atoms in total. The van der Waals surface area contributed by atoms with E-state index in [2.05, 4.69) is 26.1 Å². The lowest BCUT2D eigenvalue weighted by atomic mass is 9.89. The second kappa shape index (κ2) is 16.5. The highest BCUT2D eigenvalue weighted by molar-refractivity contribution is 7.90. The molecule has 57 heavy (non-hydrogen) atoms. The summed E-state index contributed by atoms with van der Waals surface area (Å²) in [7, 11) is -9.57. The van der Waals surface area contributed by atoms with Gasteiger partial charge in [-0.15, -0.1) is 0 Å². The summed E-state index contributed by atoms with van der Waals surface area (Å²) < 4.78 is 54.7. The fraction of sp³-hybridized carbons (Fsp3) is 0.750. The first-order chi connectivity index (χ1) is 26.0. The van der Waals surface area contributed by atoms with Crippen LogP contribution in [0.4, 0.5) is 0 Å². The SMILES string of the molecule is Cc1cn([C@@H]2O[C@H](CO[Si](C)(C)C(C)(C)C)[C@@]3(OS(=O)(=O)C=C3N)[C@H]2O[Si](C)(C)C(C)(C)C)c(=O)n(CCCNC(=O)[C@@H]2CCCN2C(=O)[C@@H](N)CC(N)=O)c1=O. The fourth-order valence-corrected chi connectivity index (χ4v) is 10.2. The van der Waals surface area contributed by atoms with Gasteiger partial charge in [0.25, 0.3) is 15.7 Å². The van der Waals surface area contributed by atoms with Crippen molar-refractivity contribution in [3.63, 3.8) is 0 Å². The number of ether oxygens (including phenoxy) is 1. The van der Waals surface area contributed by atoms with Crippen LogP contribution in [0, 0.1) is 6.92 Å². The Morgan fingerprint density at radius 2 is 1.68 bits per heavy atom. The fourth-order valence-electron chi connectivity index (χ4n) is 6.74. The van der Waals surface area contributed by atoms with Gasteiger partial charge in [-0.05, 0) is 62.5 Å². The van der Waals surface area contributed by atoms with Gasteiger partial charge in [0.15, 0.2) is 28.5 Å². The number of carbonyl (C=O) groups is 3. The number of nitrogens with one attached hydrogen (secondary N) is 1. The molecule has 0 aromatic carbocycles. The van der Waals surface area contributed by atoms with Crippen molar-refractivity contribution in [3.8, 4) is 0 Å². The number of primary amides is 1. The number of carbonyl (C=O) groups excluding carboxylic acids is 3. The molecule has 0 bridgehead atoms. The van der Waals surface area contributed by atoms with Crippen LogP contribution < -0.4 is 33.8 Å². The van der Waals surface area contributed by atoms with E-state index in [-0.39, 0.29) is 53.9 Å². The van der Waals surface area contributed by atoms with Crippen LogP contribution in [0.3, 0.4) is 0 Å². The minimum absolute atomic E-state index is 0.0601. The Hall–Kier alpha value is -3.19. The van der Waals surface area contributed by atoms with Gasteiger partial charge >= 0.3 is 5.69 Å². The van der Waals surface area contributed by atoms with Gasteiger partial charge in [0.1, 0.15) is 18.2 Å². The summed E-state index contributed by atoms with van der Waals surface area (Å²) in [4.78, 5) is 66.6. The molecule has 0 saturated carbocycles. The number of aromatic nitrogens is 2. The van der Waals surface area contributed by atoms with E-state index in [0.29, 0.717) is 19.4 Å². The Balaban J connectivity index is 1.68. The number of nitrogens with zero attached hydrogens (tertiary/aromatic N) is 3. The van der Waals surface area contributed by atoms with Crippen LogP contribution in [0.2, 0.25) is 36.3 Å². The van der Waals surface area contributed by atoms with E-state index in [1.165, 1.54) is 15.7 Å². The number of rotatable bonds is 14. The molecule has 322 valence electrons. The summed E-state index contributed by atoms with van der Waals surface area (Å²) in [6, 6.07) is -1.95. The van der Waals surface area contributed by atoms with Gasteiger partial charge in [-0.1, -0.05) is 41.5 Å². The molecule has 6 atom stereocenters. The number of likely N-dealkylation sites (tertiary alicyclic amines) is 1. The first-order valence-electron chi connectivity index (χ1n) is 19.3. The van der Waals surface area contributed by atoms with E-state index in [1.54, 1.807) is 6.92 Å². The van der Waals surface area contributed by atoms with Crippen molar-refractivity contribution in [1.29, 1.82) is 0 Å². The molecule has 2 saturated heterocycles. The highest BCUT2D eigenvalue weighted by Crippen LogP contribution is 2.52. The lowest BCUT2D eigenvalue weighted by Crippen LogP contribution is -2.59. The molecule has 0 aliphatic carbocycles. The molecule has 0 unspecified atom stereocenters. The third kappa shape index (κ3) is 9.50. The number of aryl methyl sites for hydroxylation is 1. The summed E-state index contributed by atoms with van der Waals surface area (Å²) in [6.07, 6.45) is -1.58. The molecule has 1 aromatic heterocycles. The summed E-state index contributed by atoms with van der Waals surface area (Å²) in [5.74, 6) is -1.70. The molecule has 3 aliphatic rings. The number of nitrogens with two attached hydrogens (primary N) is 3. The van der Waals surface area contributed by atoms with Gasteiger partial charge in [0, 0.05) is 31.4 Å². The maximum atomic E-state index is 14.4. The molecule has 2 fully saturated rings. The maximum Gasteiger partial charge on any atom is 0.333 e. The summed E-state index contributed by atoms with van der Waals surface area (Å²) >= 11 is 0. The number of hydrogen-bond acceptors (Lipinski definition) is 13. The van der Waals surface area contributed by atoms with Crippen molar-refractivity contribution in [2.24, 2.45) is 17.2 Å². The molecule has 1 spiro atoms. The minimum atomic E-state index is -4.31. The molecule has 21 heteroatoms. The highest BCUT2D eigenvalue weighted by atomic mass is 32.2. The van der Waals surface area contributed by atoms with Gasteiger partial charge in [0.05, 0.1) is 30.2 Å². The van der Waals surface area contributed by atoms with Crippen molar-refractivity contribution in [3.05, 3.63) is 43.7 Å². The third-order valence-corrected chi connectivity index (χ3v) is 22.2. The predicted octanol–water partition coefficient (Wildman–Crippen LogP) is 1.23. The Bertz CT molecular complexity index is 1990. The normalized spacial score (nSPS) is 25.8. The quantitative estimate of drug-likeness (QED) is 0.117. The zero-order valence-electron chi connectivity index (χ0n) is 35.2. The Labute approximate surface area is 337 Å². The largest absolute Gasteiger partial charge is 0.414 e. The van der Waals surface area contributed by atoms with Crippen LogP contribution in [0.15, 0.2) is 26.9 Å². The Morgan fingerprint density at radius 3 is 2.23 bits per heavy atom. The van der Waals surface area contributed by atoms with E-state index in [1.807, 2.05) is 47.0 Å². The van der Waals surface area contributed by atoms with Crippen molar-refractivity contribution in [2.45, 2.75) is 153 Å². The van der Waals surface area contributed by atoms with Crippen LogP contribution in [0.25, 0.3) is 0 Å². The van der Waals surface area contributed by atoms with Gasteiger partial charge < -0.3 is 41.0 Å². The topological polar surface area (TPSA) is 260 Å². The van der Waals surface area contributed by atoms with Crippen molar-refractivity contribution in [2.75, 3.05) is 19.7 Å².